The van der Waals surface area contributed by atoms with E-state index in [0.717, 1.165) is 28.1 Å². The van der Waals surface area contributed by atoms with Crippen molar-refractivity contribution in [3.8, 4) is 17.1 Å². The van der Waals surface area contributed by atoms with Crippen LogP contribution in [0.4, 0.5) is 11.5 Å². The molecule has 5 N–H and O–H groups in total. The van der Waals surface area contributed by atoms with Crippen LogP contribution in [0.25, 0.3) is 17.0 Å². The lowest BCUT2D eigenvalue weighted by Crippen LogP contribution is -2.34. The molecule has 35 heavy (non-hydrogen) atoms. The Morgan fingerprint density at radius 3 is 2.71 bits per heavy atom. The van der Waals surface area contributed by atoms with Crippen molar-refractivity contribution in [2.24, 2.45) is 5.73 Å². The number of carbonyl (C=O) groups is 1. The molecular formula is C26H28N6O3. The normalized spacial score (nSPS) is 12.8. The van der Waals surface area contributed by atoms with E-state index in [4.69, 9.17) is 30.6 Å². The number of ether oxygens (including phenoxy) is 2. The Labute approximate surface area is 203 Å². The molecule has 0 atom stereocenters. The van der Waals surface area contributed by atoms with Gasteiger partial charge in [0.1, 0.15) is 11.6 Å². The average molecular weight is 473 g/mol. The fourth-order valence-corrected chi connectivity index (χ4v) is 3.63. The molecule has 0 spiro atoms. The van der Waals surface area contributed by atoms with Crippen molar-refractivity contribution < 1.29 is 14.3 Å². The van der Waals surface area contributed by atoms with Gasteiger partial charge in [-0.3, -0.25) is 4.79 Å². The summed E-state index contributed by atoms with van der Waals surface area (Å²) in [6, 6.07) is 15.0. The number of nitrogens with one attached hydrogen (secondary N) is 3. The Morgan fingerprint density at radius 2 is 2.00 bits per heavy atom. The number of anilines is 2. The van der Waals surface area contributed by atoms with Crippen LogP contribution >= 0.6 is 0 Å². The van der Waals surface area contributed by atoms with E-state index in [1.54, 1.807) is 6.07 Å². The Hall–Kier alpha value is -4.24. The molecule has 1 aliphatic heterocycles. The second-order valence-corrected chi connectivity index (χ2v) is 8.32. The smallest absolute Gasteiger partial charge is 0.258 e. The maximum absolute atomic E-state index is 11.9. The molecule has 180 valence electrons. The number of hydrogen-bond donors (Lipinski definition) is 4. The van der Waals surface area contributed by atoms with Gasteiger partial charge in [-0.05, 0) is 43.7 Å². The molecule has 0 saturated carbocycles. The van der Waals surface area contributed by atoms with E-state index in [2.05, 4.69) is 10.6 Å². The molecule has 0 aliphatic carbocycles. The summed E-state index contributed by atoms with van der Waals surface area (Å²) in [6.45, 7) is 4.57. The zero-order chi connectivity index (χ0) is 24.8. The van der Waals surface area contributed by atoms with Crippen LogP contribution in [0, 0.1) is 5.41 Å². The van der Waals surface area contributed by atoms with Crippen molar-refractivity contribution in [3.05, 3.63) is 71.6 Å². The minimum Gasteiger partial charge on any atom is -0.484 e. The molecule has 9 heteroatoms. The maximum Gasteiger partial charge on any atom is 0.258 e. The number of benzene rings is 2. The number of nitrogens with two attached hydrogens (primary N) is 1. The standard InChI is InChI=1S/C26H28N6O3/c1-16(2)29-24(33)15-35-21-5-3-4-18(10-21)25-31-23-14-34-13-22(23)26(32-25)30-20-8-6-17(7-9-20)19(11-27)12-28/h3-12,16,27H,13-15,28H2,1-2H3,(H,29,33)(H,30,31,32)/b19-12+,27-11?. The number of amides is 1. The molecule has 0 fully saturated rings. The van der Waals surface area contributed by atoms with Crippen LogP contribution in [0.2, 0.25) is 0 Å². The Bertz CT molecular complexity index is 1250. The van der Waals surface area contributed by atoms with Crippen LogP contribution in [0.1, 0.15) is 30.7 Å². The van der Waals surface area contributed by atoms with Gasteiger partial charge in [0.25, 0.3) is 5.91 Å². The zero-order valence-electron chi connectivity index (χ0n) is 19.7. The number of rotatable bonds is 9. The maximum atomic E-state index is 11.9. The summed E-state index contributed by atoms with van der Waals surface area (Å²) >= 11 is 0. The molecule has 0 bridgehead atoms. The van der Waals surface area contributed by atoms with Crippen LogP contribution in [-0.4, -0.2) is 34.7 Å². The zero-order valence-corrected chi connectivity index (χ0v) is 19.7. The van der Waals surface area contributed by atoms with E-state index in [9.17, 15) is 4.79 Å². The highest BCUT2D eigenvalue weighted by atomic mass is 16.5. The van der Waals surface area contributed by atoms with Crippen molar-refractivity contribution in [1.29, 1.82) is 5.41 Å². The summed E-state index contributed by atoms with van der Waals surface area (Å²) in [4.78, 5) is 21.4. The minimum atomic E-state index is -0.177. The summed E-state index contributed by atoms with van der Waals surface area (Å²) < 4.78 is 11.3. The van der Waals surface area contributed by atoms with Gasteiger partial charge in [0.2, 0.25) is 0 Å². The van der Waals surface area contributed by atoms with Gasteiger partial charge in [0.15, 0.2) is 12.4 Å². The van der Waals surface area contributed by atoms with Crippen molar-refractivity contribution in [2.45, 2.75) is 33.1 Å². The second-order valence-electron chi connectivity index (χ2n) is 8.32. The molecule has 1 aromatic heterocycles. The predicted molar refractivity (Wildman–Crippen MR) is 135 cm³/mol. The molecular weight excluding hydrogens is 444 g/mol. The molecule has 1 aliphatic rings. The topological polar surface area (TPSA) is 135 Å². The summed E-state index contributed by atoms with van der Waals surface area (Å²) in [6.07, 6.45) is 2.63. The molecule has 3 aromatic rings. The van der Waals surface area contributed by atoms with Gasteiger partial charge < -0.3 is 31.3 Å². The molecule has 4 rings (SSSR count). The van der Waals surface area contributed by atoms with Gasteiger partial charge in [-0.2, -0.15) is 0 Å². The fourth-order valence-electron chi connectivity index (χ4n) is 3.63. The van der Waals surface area contributed by atoms with Crippen molar-refractivity contribution >= 4 is 29.2 Å². The van der Waals surface area contributed by atoms with Crippen molar-refractivity contribution in [2.75, 3.05) is 11.9 Å². The van der Waals surface area contributed by atoms with Gasteiger partial charge in [0.05, 0.1) is 18.9 Å². The van der Waals surface area contributed by atoms with Crippen LogP contribution in [-0.2, 0) is 22.7 Å². The van der Waals surface area contributed by atoms with Crippen molar-refractivity contribution in [3.63, 3.8) is 0 Å². The quantitative estimate of drug-likeness (QED) is 0.348. The van der Waals surface area contributed by atoms with E-state index < -0.39 is 0 Å². The molecule has 0 unspecified atom stereocenters. The van der Waals surface area contributed by atoms with Gasteiger partial charge in [-0.1, -0.05) is 24.3 Å². The van der Waals surface area contributed by atoms with E-state index in [-0.39, 0.29) is 18.6 Å². The van der Waals surface area contributed by atoms with Crippen molar-refractivity contribution in [1.82, 2.24) is 15.3 Å². The summed E-state index contributed by atoms with van der Waals surface area (Å²) in [7, 11) is 0. The first-order valence-corrected chi connectivity index (χ1v) is 11.3. The number of aromatic nitrogens is 2. The Kier molecular flexibility index (Phi) is 7.37. The summed E-state index contributed by atoms with van der Waals surface area (Å²) in [5.41, 5.74) is 10.4. The number of fused-ring (bicyclic) bond motifs is 1. The molecule has 0 radical (unpaired) electrons. The first-order chi connectivity index (χ1) is 17.0. The largest absolute Gasteiger partial charge is 0.484 e. The van der Waals surface area contributed by atoms with Gasteiger partial charge >= 0.3 is 0 Å². The Morgan fingerprint density at radius 1 is 1.20 bits per heavy atom. The van der Waals surface area contributed by atoms with E-state index in [0.29, 0.717) is 36.2 Å². The van der Waals surface area contributed by atoms with Gasteiger partial charge in [-0.25, -0.2) is 9.97 Å². The predicted octanol–water partition coefficient (Wildman–Crippen LogP) is 3.77. The van der Waals surface area contributed by atoms with Gasteiger partial charge in [0, 0.05) is 40.8 Å². The molecule has 2 heterocycles. The third-order valence-electron chi connectivity index (χ3n) is 5.31. The number of hydrogen-bond acceptors (Lipinski definition) is 8. The third-order valence-corrected chi connectivity index (χ3v) is 5.31. The minimum absolute atomic E-state index is 0.0526. The third kappa shape index (κ3) is 5.82. The fraction of sp³-hybridized carbons (Fsp3) is 0.231. The SMILES string of the molecule is CC(C)NC(=O)COc1cccc(-c2nc3c(c(Nc4ccc(/C(C=N)=C/N)cc4)n2)COC3)c1. The highest BCUT2D eigenvalue weighted by Gasteiger charge is 2.21. The average Bonchev–Trinajstić information content (AvgIpc) is 3.33. The lowest BCUT2D eigenvalue weighted by molar-refractivity contribution is -0.123. The molecule has 1 amide bonds. The van der Waals surface area contributed by atoms with E-state index >= 15 is 0 Å². The van der Waals surface area contributed by atoms with Crippen LogP contribution in [0.3, 0.4) is 0 Å². The van der Waals surface area contributed by atoms with Gasteiger partial charge in [-0.15, -0.1) is 0 Å². The molecule has 9 nitrogen and oxygen atoms in total. The van der Waals surface area contributed by atoms with Crippen LogP contribution < -0.4 is 21.1 Å². The number of allylic oxidation sites excluding steroid dienone is 1. The lowest BCUT2D eigenvalue weighted by atomic mass is 10.1. The molecule has 2 aromatic carbocycles. The van der Waals surface area contributed by atoms with Crippen LogP contribution in [0.15, 0.2) is 54.7 Å². The second kappa shape index (κ2) is 10.8. The highest BCUT2D eigenvalue weighted by Crippen LogP contribution is 2.31. The van der Waals surface area contributed by atoms with E-state index in [1.165, 1.54) is 12.4 Å². The highest BCUT2D eigenvalue weighted by molar-refractivity contribution is 6.08. The monoisotopic (exact) mass is 472 g/mol. The number of carbonyl (C=O) groups excluding carboxylic acids is 1. The van der Waals surface area contributed by atoms with E-state index in [1.807, 2.05) is 56.3 Å². The summed E-state index contributed by atoms with van der Waals surface area (Å²) in [5.74, 6) is 1.58. The first-order valence-electron chi connectivity index (χ1n) is 11.3. The lowest BCUT2D eigenvalue weighted by Gasteiger charge is -2.13. The first kappa shape index (κ1) is 23.9. The number of nitrogens with zero attached hydrogens (tertiary/aromatic N) is 2. The van der Waals surface area contributed by atoms with Crippen LogP contribution in [0.5, 0.6) is 5.75 Å². The summed E-state index contributed by atoms with van der Waals surface area (Å²) in [5, 5.41) is 13.6. The molecule has 0 saturated heterocycles. The Balaban J connectivity index is 1.57.